The third-order valence-corrected chi connectivity index (χ3v) is 4.26. The molecule has 3 unspecified atom stereocenters. The molecule has 18 heavy (non-hydrogen) atoms. The van der Waals surface area contributed by atoms with Gasteiger partial charge in [0.2, 0.25) is 0 Å². The molecule has 0 spiro atoms. The topological polar surface area (TPSA) is 38.3 Å². The van der Waals surface area contributed by atoms with E-state index >= 15 is 0 Å². The fourth-order valence-corrected chi connectivity index (χ4v) is 3.92. The lowest BCUT2D eigenvalue weighted by Crippen LogP contribution is -2.38. The molecule has 0 aromatic heterocycles. The largest absolute Gasteiger partial charge is 0.465 e. The normalized spacial score (nSPS) is 26.1. The predicted molar refractivity (Wildman–Crippen MR) is 77.7 cm³/mol. The van der Waals surface area contributed by atoms with Crippen molar-refractivity contribution in [1.82, 2.24) is 5.32 Å². The summed E-state index contributed by atoms with van der Waals surface area (Å²) >= 11 is 1.85. The first-order valence-electron chi connectivity index (χ1n) is 6.86. The number of esters is 1. The standard InChI is InChI=1S/C14H27NO2S/c1-6-17-13(16)11-9-18-12(15-11)7-10(2)8-14(3,4)5/h10-12,15H,6-9H2,1-5H3. The molecule has 0 saturated carbocycles. The molecule has 0 bridgehead atoms. The maximum Gasteiger partial charge on any atom is 0.324 e. The van der Waals surface area contributed by atoms with Gasteiger partial charge in [0.05, 0.1) is 12.0 Å². The molecule has 106 valence electrons. The zero-order chi connectivity index (χ0) is 13.8. The highest BCUT2D eigenvalue weighted by Gasteiger charge is 2.31. The minimum atomic E-state index is -0.109. The highest BCUT2D eigenvalue weighted by Crippen LogP contribution is 2.31. The molecule has 1 rings (SSSR count). The van der Waals surface area contributed by atoms with Crippen LogP contribution in [0.2, 0.25) is 0 Å². The third kappa shape index (κ3) is 5.61. The number of hydrogen-bond donors (Lipinski definition) is 1. The lowest BCUT2D eigenvalue weighted by atomic mass is 9.84. The van der Waals surface area contributed by atoms with Crippen LogP contribution < -0.4 is 5.32 Å². The van der Waals surface area contributed by atoms with Crippen molar-refractivity contribution in [3.05, 3.63) is 0 Å². The van der Waals surface area contributed by atoms with Crippen LogP contribution in [0.15, 0.2) is 0 Å². The lowest BCUT2D eigenvalue weighted by Gasteiger charge is -2.25. The highest BCUT2D eigenvalue weighted by atomic mass is 32.2. The van der Waals surface area contributed by atoms with Crippen LogP contribution in [0.4, 0.5) is 0 Å². The molecule has 1 aliphatic rings. The van der Waals surface area contributed by atoms with Crippen LogP contribution in [0.5, 0.6) is 0 Å². The first-order chi connectivity index (χ1) is 8.31. The van der Waals surface area contributed by atoms with Gasteiger partial charge in [-0.25, -0.2) is 0 Å². The van der Waals surface area contributed by atoms with E-state index in [9.17, 15) is 4.79 Å². The molecule has 0 amide bonds. The van der Waals surface area contributed by atoms with Crippen molar-refractivity contribution >= 4 is 17.7 Å². The smallest absolute Gasteiger partial charge is 0.324 e. The van der Waals surface area contributed by atoms with Crippen LogP contribution in [-0.2, 0) is 9.53 Å². The molecule has 4 heteroatoms. The second kappa shape index (κ2) is 6.80. The number of hydrogen-bond acceptors (Lipinski definition) is 4. The van der Waals surface area contributed by atoms with Gasteiger partial charge in [-0.3, -0.25) is 10.1 Å². The van der Waals surface area contributed by atoms with Crippen LogP contribution in [-0.4, -0.2) is 29.7 Å². The summed E-state index contributed by atoms with van der Waals surface area (Å²) in [5.74, 6) is 1.41. The summed E-state index contributed by atoms with van der Waals surface area (Å²) < 4.78 is 5.04. The number of thioether (sulfide) groups is 1. The molecule has 1 fully saturated rings. The second-order valence-corrected chi connectivity index (χ2v) is 7.63. The van der Waals surface area contributed by atoms with Crippen molar-refractivity contribution in [2.24, 2.45) is 11.3 Å². The van der Waals surface area contributed by atoms with E-state index in [0.717, 1.165) is 12.2 Å². The molecule has 0 radical (unpaired) electrons. The SMILES string of the molecule is CCOC(=O)C1CSC(CC(C)CC(C)(C)C)N1. The average Bonchev–Trinajstić information content (AvgIpc) is 2.63. The fraction of sp³-hybridized carbons (Fsp3) is 0.929. The van der Waals surface area contributed by atoms with E-state index in [2.05, 4.69) is 33.0 Å². The molecular weight excluding hydrogens is 246 g/mol. The van der Waals surface area contributed by atoms with Crippen molar-refractivity contribution in [3.8, 4) is 0 Å². The van der Waals surface area contributed by atoms with Crippen LogP contribution in [0.3, 0.4) is 0 Å². The molecule has 1 saturated heterocycles. The zero-order valence-electron chi connectivity index (χ0n) is 12.3. The van der Waals surface area contributed by atoms with E-state index < -0.39 is 0 Å². The van der Waals surface area contributed by atoms with Gasteiger partial charge in [0.1, 0.15) is 6.04 Å². The minimum Gasteiger partial charge on any atom is -0.465 e. The number of rotatable bonds is 5. The summed E-state index contributed by atoms with van der Waals surface area (Å²) in [6, 6.07) is -0.109. The Morgan fingerprint density at radius 2 is 2.17 bits per heavy atom. The van der Waals surface area contributed by atoms with Crippen molar-refractivity contribution in [3.63, 3.8) is 0 Å². The van der Waals surface area contributed by atoms with Crippen LogP contribution >= 0.6 is 11.8 Å². The van der Waals surface area contributed by atoms with Gasteiger partial charge in [-0.15, -0.1) is 11.8 Å². The maximum atomic E-state index is 11.6. The molecule has 3 nitrogen and oxygen atoms in total. The van der Waals surface area contributed by atoms with Gasteiger partial charge in [-0.1, -0.05) is 27.7 Å². The first kappa shape index (κ1) is 15.8. The van der Waals surface area contributed by atoms with Crippen molar-refractivity contribution < 1.29 is 9.53 Å². The maximum absolute atomic E-state index is 11.6. The summed E-state index contributed by atoms with van der Waals surface area (Å²) in [6.07, 6.45) is 2.34. The Balaban J connectivity index is 2.32. The van der Waals surface area contributed by atoms with Gasteiger partial charge < -0.3 is 4.74 Å². The van der Waals surface area contributed by atoms with Crippen molar-refractivity contribution in [1.29, 1.82) is 0 Å². The summed E-state index contributed by atoms with van der Waals surface area (Å²) in [7, 11) is 0. The van der Waals surface area contributed by atoms with E-state index in [-0.39, 0.29) is 12.0 Å². The van der Waals surface area contributed by atoms with Gasteiger partial charge in [0.15, 0.2) is 0 Å². The predicted octanol–water partition coefficient (Wildman–Crippen LogP) is 3.04. The van der Waals surface area contributed by atoms with E-state index in [4.69, 9.17) is 4.74 Å². The highest BCUT2D eigenvalue weighted by molar-refractivity contribution is 8.00. The zero-order valence-corrected chi connectivity index (χ0v) is 13.1. The van der Waals surface area contributed by atoms with Gasteiger partial charge >= 0.3 is 5.97 Å². The third-order valence-electron chi connectivity index (χ3n) is 3.00. The molecule has 1 aliphatic heterocycles. The number of nitrogens with one attached hydrogen (secondary N) is 1. The minimum absolute atomic E-state index is 0.101. The lowest BCUT2D eigenvalue weighted by molar-refractivity contribution is -0.144. The van der Waals surface area contributed by atoms with E-state index in [0.29, 0.717) is 23.3 Å². The first-order valence-corrected chi connectivity index (χ1v) is 7.91. The Kier molecular flexibility index (Phi) is 5.99. The summed E-state index contributed by atoms with van der Waals surface area (Å²) in [5, 5.41) is 3.78. The van der Waals surface area contributed by atoms with E-state index in [1.165, 1.54) is 6.42 Å². The van der Waals surface area contributed by atoms with Crippen LogP contribution in [0.25, 0.3) is 0 Å². The Bertz CT molecular complexity index is 275. The summed E-state index contributed by atoms with van der Waals surface area (Å²) in [6.45, 7) is 11.4. The van der Waals surface area contributed by atoms with Crippen LogP contribution in [0.1, 0.15) is 47.5 Å². The molecule has 0 aromatic rings. The molecule has 0 aromatic carbocycles. The van der Waals surface area contributed by atoms with Crippen LogP contribution in [0, 0.1) is 11.3 Å². The quantitative estimate of drug-likeness (QED) is 0.781. The summed E-state index contributed by atoms with van der Waals surface area (Å²) in [4.78, 5) is 11.6. The molecular formula is C14H27NO2S. The molecule has 1 N–H and O–H groups in total. The Morgan fingerprint density at radius 1 is 1.50 bits per heavy atom. The summed E-state index contributed by atoms with van der Waals surface area (Å²) in [5.41, 5.74) is 0.378. The number of carbonyl (C=O) groups is 1. The number of ether oxygens (including phenoxy) is 1. The Morgan fingerprint density at radius 3 is 2.72 bits per heavy atom. The monoisotopic (exact) mass is 273 g/mol. The molecule has 3 atom stereocenters. The Labute approximate surface area is 115 Å². The Hall–Kier alpha value is -0.220. The molecule has 0 aliphatic carbocycles. The van der Waals surface area contributed by atoms with Gasteiger partial charge in [-0.05, 0) is 31.1 Å². The van der Waals surface area contributed by atoms with Gasteiger partial charge in [-0.2, -0.15) is 0 Å². The van der Waals surface area contributed by atoms with Crippen molar-refractivity contribution in [2.75, 3.05) is 12.4 Å². The van der Waals surface area contributed by atoms with Gasteiger partial charge in [0, 0.05) is 5.75 Å². The van der Waals surface area contributed by atoms with Gasteiger partial charge in [0.25, 0.3) is 0 Å². The molecule has 1 heterocycles. The van der Waals surface area contributed by atoms with Crippen molar-refractivity contribution in [2.45, 2.75) is 58.9 Å². The fourth-order valence-electron chi connectivity index (χ4n) is 2.54. The van der Waals surface area contributed by atoms with E-state index in [1.807, 2.05) is 18.7 Å². The van der Waals surface area contributed by atoms with E-state index in [1.54, 1.807) is 0 Å². The number of carbonyl (C=O) groups excluding carboxylic acids is 1. The second-order valence-electron chi connectivity index (χ2n) is 6.40. The average molecular weight is 273 g/mol.